The molecule has 1 heterocycles. The van der Waals surface area contributed by atoms with Gasteiger partial charge in [0.05, 0.1) is 12.2 Å². The van der Waals surface area contributed by atoms with Gasteiger partial charge in [-0.2, -0.15) is 0 Å². The Morgan fingerprint density at radius 1 is 1.15 bits per heavy atom. The Hall–Kier alpha value is -2.80. The molecule has 0 saturated carbocycles. The molecule has 0 aliphatic heterocycles. The van der Waals surface area contributed by atoms with Crippen LogP contribution < -0.4 is 5.32 Å². The maximum Gasteiger partial charge on any atom is 0.355 e. The van der Waals surface area contributed by atoms with E-state index >= 15 is 0 Å². The molecule has 1 atom stereocenters. The van der Waals surface area contributed by atoms with Gasteiger partial charge in [-0.25, -0.2) is 9.59 Å². The average Bonchev–Trinajstić information content (AvgIpc) is 2.91. The van der Waals surface area contributed by atoms with Crippen LogP contribution in [0.25, 0.3) is 0 Å². The highest BCUT2D eigenvalue weighted by atomic mass is 35.5. The second-order valence-electron chi connectivity index (χ2n) is 5.89. The molecule has 27 heavy (non-hydrogen) atoms. The number of rotatable bonds is 6. The van der Waals surface area contributed by atoms with Crippen LogP contribution in [0.3, 0.4) is 0 Å². The van der Waals surface area contributed by atoms with Crippen molar-refractivity contribution in [2.75, 3.05) is 11.9 Å². The van der Waals surface area contributed by atoms with E-state index in [-0.39, 0.29) is 12.3 Å². The van der Waals surface area contributed by atoms with Crippen LogP contribution in [0.1, 0.15) is 46.0 Å². The van der Waals surface area contributed by atoms with Gasteiger partial charge in [0, 0.05) is 16.4 Å². The standard InChI is InChI=1S/C19H21ClN2O5/c1-5-26-18(24)15-10(2)16(21-11(15)3)19(25)27-12(4)17(23)22-14-8-6-13(20)7-9-14/h6-9,12,21H,5H2,1-4H3,(H,22,23)/t12-/m1/s1. The Kier molecular flexibility index (Phi) is 6.63. The highest BCUT2D eigenvalue weighted by molar-refractivity contribution is 6.30. The van der Waals surface area contributed by atoms with E-state index in [1.54, 1.807) is 45.0 Å². The van der Waals surface area contributed by atoms with Crippen LogP contribution in [0.2, 0.25) is 5.02 Å². The van der Waals surface area contributed by atoms with Crippen molar-refractivity contribution in [2.45, 2.75) is 33.8 Å². The number of benzene rings is 1. The van der Waals surface area contributed by atoms with E-state index in [9.17, 15) is 14.4 Å². The summed E-state index contributed by atoms with van der Waals surface area (Å²) in [5.74, 6) is -1.74. The van der Waals surface area contributed by atoms with Gasteiger partial charge in [0.2, 0.25) is 0 Å². The highest BCUT2D eigenvalue weighted by Crippen LogP contribution is 2.20. The number of H-pyrrole nitrogens is 1. The number of ether oxygens (including phenoxy) is 2. The van der Waals surface area contributed by atoms with Crippen LogP contribution in [-0.2, 0) is 14.3 Å². The monoisotopic (exact) mass is 392 g/mol. The number of carbonyl (C=O) groups is 3. The number of esters is 2. The zero-order valence-electron chi connectivity index (χ0n) is 15.5. The summed E-state index contributed by atoms with van der Waals surface area (Å²) in [5, 5.41) is 3.18. The molecule has 0 radical (unpaired) electrons. The summed E-state index contributed by atoms with van der Waals surface area (Å²) in [4.78, 5) is 39.5. The fraction of sp³-hybridized carbons (Fsp3) is 0.316. The van der Waals surface area contributed by atoms with E-state index in [2.05, 4.69) is 10.3 Å². The molecule has 8 heteroatoms. The third-order valence-electron chi connectivity index (χ3n) is 3.89. The molecular weight excluding hydrogens is 372 g/mol. The van der Waals surface area contributed by atoms with Crippen molar-refractivity contribution < 1.29 is 23.9 Å². The number of nitrogens with one attached hydrogen (secondary N) is 2. The van der Waals surface area contributed by atoms with Crippen molar-refractivity contribution in [3.05, 3.63) is 51.8 Å². The molecule has 0 unspecified atom stereocenters. The van der Waals surface area contributed by atoms with E-state index in [0.29, 0.717) is 27.5 Å². The quantitative estimate of drug-likeness (QED) is 0.731. The van der Waals surface area contributed by atoms with Crippen LogP contribution in [0.15, 0.2) is 24.3 Å². The topological polar surface area (TPSA) is 97.5 Å². The van der Waals surface area contributed by atoms with E-state index in [1.807, 2.05) is 0 Å². The molecule has 2 N–H and O–H groups in total. The second-order valence-corrected chi connectivity index (χ2v) is 6.33. The largest absolute Gasteiger partial charge is 0.462 e. The van der Waals surface area contributed by atoms with Gasteiger partial charge in [0.25, 0.3) is 5.91 Å². The van der Waals surface area contributed by atoms with Gasteiger partial charge in [0.1, 0.15) is 5.69 Å². The molecule has 2 rings (SSSR count). The van der Waals surface area contributed by atoms with Gasteiger partial charge in [-0.1, -0.05) is 11.6 Å². The van der Waals surface area contributed by atoms with Crippen LogP contribution in [0.5, 0.6) is 0 Å². The lowest BCUT2D eigenvalue weighted by molar-refractivity contribution is -0.123. The second kappa shape index (κ2) is 8.73. The zero-order valence-corrected chi connectivity index (χ0v) is 16.3. The van der Waals surface area contributed by atoms with E-state index in [4.69, 9.17) is 21.1 Å². The molecule has 0 fully saturated rings. The Morgan fingerprint density at radius 3 is 2.37 bits per heavy atom. The van der Waals surface area contributed by atoms with Crippen molar-refractivity contribution in [2.24, 2.45) is 0 Å². The third-order valence-corrected chi connectivity index (χ3v) is 4.14. The minimum Gasteiger partial charge on any atom is -0.462 e. The zero-order chi connectivity index (χ0) is 20.1. The Morgan fingerprint density at radius 2 is 1.78 bits per heavy atom. The number of anilines is 1. The molecule has 0 spiro atoms. The summed E-state index contributed by atoms with van der Waals surface area (Å²) in [6.45, 7) is 6.66. The smallest absolute Gasteiger partial charge is 0.355 e. The van der Waals surface area contributed by atoms with Crippen LogP contribution in [0, 0.1) is 13.8 Å². The number of aromatic nitrogens is 1. The van der Waals surface area contributed by atoms with Crippen molar-refractivity contribution >= 4 is 35.1 Å². The molecular formula is C19H21ClN2O5. The molecule has 1 amide bonds. The number of amides is 1. The fourth-order valence-electron chi connectivity index (χ4n) is 2.51. The summed E-state index contributed by atoms with van der Waals surface area (Å²) in [6, 6.07) is 6.55. The lowest BCUT2D eigenvalue weighted by Gasteiger charge is -2.13. The summed E-state index contributed by atoms with van der Waals surface area (Å²) < 4.78 is 10.2. The average molecular weight is 393 g/mol. The minimum atomic E-state index is -1.04. The Bertz CT molecular complexity index is 858. The first kappa shape index (κ1) is 20.5. The molecule has 1 aromatic heterocycles. The number of hydrogen-bond acceptors (Lipinski definition) is 5. The van der Waals surface area contributed by atoms with Gasteiger partial charge in [-0.15, -0.1) is 0 Å². The number of aromatic amines is 1. The van der Waals surface area contributed by atoms with Gasteiger partial charge in [-0.05, 0) is 57.5 Å². The van der Waals surface area contributed by atoms with Crippen LogP contribution in [-0.4, -0.2) is 35.5 Å². The molecule has 0 aliphatic rings. The molecule has 0 bridgehead atoms. The van der Waals surface area contributed by atoms with Crippen molar-refractivity contribution in [1.29, 1.82) is 0 Å². The number of hydrogen-bond donors (Lipinski definition) is 2. The predicted octanol–water partition coefficient (Wildman–Crippen LogP) is 3.65. The molecule has 1 aromatic carbocycles. The SMILES string of the molecule is CCOC(=O)c1c(C)[nH]c(C(=O)O[C@H](C)C(=O)Nc2ccc(Cl)cc2)c1C. The highest BCUT2D eigenvalue weighted by Gasteiger charge is 2.26. The predicted molar refractivity (Wildman–Crippen MR) is 101 cm³/mol. The van der Waals surface area contributed by atoms with E-state index in [0.717, 1.165) is 0 Å². The van der Waals surface area contributed by atoms with Gasteiger partial charge in [0.15, 0.2) is 6.10 Å². The van der Waals surface area contributed by atoms with Crippen LogP contribution in [0.4, 0.5) is 5.69 Å². The molecule has 2 aromatic rings. The third kappa shape index (κ3) is 4.89. The van der Waals surface area contributed by atoms with Crippen molar-refractivity contribution in [3.63, 3.8) is 0 Å². The lowest BCUT2D eigenvalue weighted by atomic mass is 10.1. The first-order valence-corrected chi connectivity index (χ1v) is 8.76. The summed E-state index contributed by atoms with van der Waals surface area (Å²) in [5.41, 5.74) is 1.85. The van der Waals surface area contributed by atoms with Gasteiger partial charge < -0.3 is 19.8 Å². The first-order chi connectivity index (χ1) is 12.7. The molecule has 7 nitrogen and oxygen atoms in total. The number of carbonyl (C=O) groups excluding carboxylic acids is 3. The van der Waals surface area contributed by atoms with Crippen LogP contribution >= 0.6 is 11.6 Å². The Balaban J connectivity index is 2.07. The first-order valence-electron chi connectivity index (χ1n) is 8.38. The number of halogens is 1. The summed E-state index contributed by atoms with van der Waals surface area (Å²) in [7, 11) is 0. The maximum atomic E-state index is 12.4. The van der Waals surface area contributed by atoms with Gasteiger partial charge in [-0.3, -0.25) is 4.79 Å². The molecule has 144 valence electrons. The van der Waals surface area contributed by atoms with E-state index in [1.165, 1.54) is 6.92 Å². The van der Waals surface area contributed by atoms with Gasteiger partial charge >= 0.3 is 11.9 Å². The fourth-order valence-corrected chi connectivity index (χ4v) is 2.64. The lowest BCUT2D eigenvalue weighted by Crippen LogP contribution is -2.30. The molecule has 0 aliphatic carbocycles. The van der Waals surface area contributed by atoms with E-state index < -0.39 is 23.9 Å². The maximum absolute atomic E-state index is 12.4. The summed E-state index contributed by atoms with van der Waals surface area (Å²) >= 11 is 5.80. The Labute approximate surface area is 162 Å². The van der Waals surface area contributed by atoms with Crippen molar-refractivity contribution in [3.8, 4) is 0 Å². The molecule has 0 saturated heterocycles. The normalized spacial score (nSPS) is 11.6. The summed E-state index contributed by atoms with van der Waals surface area (Å²) in [6.07, 6.45) is -1.04. The number of aryl methyl sites for hydroxylation is 1. The minimum absolute atomic E-state index is 0.113. The van der Waals surface area contributed by atoms with Crippen molar-refractivity contribution in [1.82, 2.24) is 4.98 Å².